The van der Waals surface area contributed by atoms with Crippen LogP contribution in [0.15, 0.2) is 24.8 Å². The predicted molar refractivity (Wildman–Crippen MR) is 136 cm³/mol. The lowest BCUT2D eigenvalue weighted by atomic mass is 9.77. The van der Waals surface area contributed by atoms with Crippen molar-refractivity contribution in [3.63, 3.8) is 0 Å². The van der Waals surface area contributed by atoms with E-state index in [1.54, 1.807) is 6.20 Å². The van der Waals surface area contributed by atoms with Crippen molar-refractivity contribution in [3.05, 3.63) is 36.4 Å². The Morgan fingerprint density at radius 1 is 1.11 bits per heavy atom. The molecule has 0 saturated carbocycles. The van der Waals surface area contributed by atoms with Crippen LogP contribution in [0.3, 0.4) is 0 Å². The number of aromatic amines is 1. The Morgan fingerprint density at radius 2 is 1.89 bits per heavy atom. The number of carboxylic acid groups (broad SMARTS) is 1. The Kier molecular flexibility index (Phi) is 8.97. The number of aliphatic carboxylic acids is 1. The third-order valence-electron chi connectivity index (χ3n) is 7.67. The van der Waals surface area contributed by atoms with Crippen molar-refractivity contribution in [2.75, 3.05) is 45.8 Å². The molecule has 0 unspecified atom stereocenters. The summed E-state index contributed by atoms with van der Waals surface area (Å²) in [5.41, 5.74) is 0.523. The van der Waals surface area contributed by atoms with Crippen LogP contribution < -0.4 is 0 Å². The van der Waals surface area contributed by atoms with Crippen LogP contribution in [0.1, 0.15) is 57.6 Å². The summed E-state index contributed by atoms with van der Waals surface area (Å²) in [6, 6.07) is 0. The van der Waals surface area contributed by atoms with Gasteiger partial charge in [-0.2, -0.15) is 0 Å². The molecule has 35 heavy (non-hydrogen) atoms. The second-order valence-electron chi connectivity index (χ2n) is 11.0. The fourth-order valence-corrected chi connectivity index (χ4v) is 5.76. The van der Waals surface area contributed by atoms with Crippen LogP contribution in [0.2, 0.25) is 0 Å². The molecule has 2 aromatic rings. The minimum atomic E-state index is -0.751. The van der Waals surface area contributed by atoms with Crippen molar-refractivity contribution in [2.24, 2.45) is 11.3 Å². The highest BCUT2D eigenvalue weighted by molar-refractivity contribution is 5.66. The smallest absolute Gasteiger partial charge is 0.303 e. The molecule has 0 bridgehead atoms. The van der Waals surface area contributed by atoms with Gasteiger partial charge in [0, 0.05) is 57.4 Å². The second kappa shape index (κ2) is 12.1. The lowest BCUT2D eigenvalue weighted by molar-refractivity contribution is -0.137. The van der Waals surface area contributed by atoms with Crippen LogP contribution in [-0.2, 0) is 24.4 Å². The van der Waals surface area contributed by atoms with Crippen molar-refractivity contribution in [2.45, 2.75) is 65.6 Å². The average Bonchev–Trinajstić information content (AvgIpc) is 3.56. The quantitative estimate of drug-likeness (QED) is 0.451. The molecule has 0 radical (unpaired) electrons. The van der Waals surface area contributed by atoms with Crippen molar-refractivity contribution < 1.29 is 9.90 Å². The second-order valence-corrected chi connectivity index (χ2v) is 11.0. The first-order valence-electron chi connectivity index (χ1n) is 13.3. The number of imidazole rings is 2. The van der Waals surface area contributed by atoms with E-state index in [0.29, 0.717) is 31.5 Å². The summed E-state index contributed by atoms with van der Waals surface area (Å²) in [7, 11) is 0. The SMILES string of the molecule is CC(C)CN1CCC2(CC1)CCN(CCn1ccnc1CN(CCCC(=O)O)Cc1ncc[nH]1)C2. The summed E-state index contributed by atoms with van der Waals surface area (Å²) in [4.78, 5) is 30.7. The van der Waals surface area contributed by atoms with E-state index in [0.717, 1.165) is 30.7 Å². The van der Waals surface area contributed by atoms with Gasteiger partial charge in [-0.3, -0.25) is 9.69 Å². The Morgan fingerprint density at radius 3 is 2.57 bits per heavy atom. The van der Waals surface area contributed by atoms with Crippen LogP contribution in [0.25, 0.3) is 0 Å². The van der Waals surface area contributed by atoms with Crippen LogP contribution in [-0.4, -0.2) is 91.1 Å². The number of likely N-dealkylation sites (tertiary alicyclic amines) is 2. The molecule has 9 heteroatoms. The van der Waals surface area contributed by atoms with Crippen molar-refractivity contribution in [1.82, 2.24) is 34.2 Å². The molecule has 2 aromatic heterocycles. The summed E-state index contributed by atoms with van der Waals surface area (Å²) in [6.07, 6.45) is 12.3. The van der Waals surface area contributed by atoms with Gasteiger partial charge in [0.15, 0.2) is 0 Å². The highest BCUT2D eigenvalue weighted by atomic mass is 16.4. The summed E-state index contributed by atoms with van der Waals surface area (Å²) in [5, 5.41) is 9.04. The number of carboxylic acids is 1. The van der Waals surface area contributed by atoms with Gasteiger partial charge in [0.05, 0.1) is 13.1 Å². The maximum atomic E-state index is 11.0. The summed E-state index contributed by atoms with van der Waals surface area (Å²) >= 11 is 0. The molecule has 0 aromatic carbocycles. The molecule has 1 spiro atoms. The highest BCUT2D eigenvalue weighted by Gasteiger charge is 2.40. The molecule has 0 aliphatic carbocycles. The van der Waals surface area contributed by atoms with Gasteiger partial charge in [0.1, 0.15) is 11.6 Å². The average molecular weight is 486 g/mol. The number of nitrogens with one attached hydrogen (secondary N) is 1. The minimum Gasteiger partial charge on any atom is -0.481 e. The molecular weight excluding hydrogens is 442 g/mol. The molecule has 194 valence electrons. The van der Waals surface area contributed by atoms with E-state index in [1.807, 2.05) is 12.4 Å². The van der Waals surface area contributed by atoms with E-state index in [9.17, 15) is 4.79 Å². The van der Waals surface area contributed by atoms with E-state index in [-0.39, 0.29) is 6.42 Å². The van der Waals surface area contributed by atoms with Gasteiger partial charge < -0.3 is 24.5 Å². The van der Waals surface area contributed by atoms with E-state index in [2.05, 4.69) is 54.3 Å². The molecule has 4 rings (SSSR count). The van der Waals surface area contributed by atoms with Gasteiger partial charge in [0.2, 0.25) is 0 Å². The third kappa shape index (κ3) is 7.62. The largest absolute Gasteiger partial charge is 0.481 e. The molecular formula is C26H43N7O2. The molecule has 0 amide bonds. The molecule has 2 saturated heterocycles. The normalized spacial score (nSPS) is 18.9. The highest BCUT2D eigenvalue weighted by Crippen LogP contribution is 2.40. The fraction of sp³-hybridized carbons (Fsp3) is 0.731. The lowest BCUT2D eigenvalue weighted by Gasteiger charge is -2.40. The topological polar surface area (TPSA) is 93.5 Å². The van der Waals surface area contributed by atoms with Gasteiger partial charge in [-0.1, -0.05) is 13.8 Å². The first kappa shape index (κ1) is 25.9. The third-order valence-corrected chi connectivity index (χ3v) is 7.67. The van der Waals surface area contributed by atoms with Crippen molar-refractivity contribution in [1.29, 1.82) is 0 Å². The molecule has 2 aliphatic rings. The molecule has 4 heterocycles. The minimum absolute atomic E-state index is 0.176. The number of hydrogen-bond donors (Lipinski definition) is 2. The fourth-order valence-electron chi connectivity index (χ4n) is 5.76. The Bertz CT molecular complexity index is 903. The zero-order chi connectivity index (χ0) is 24.7. The molecule has 2 N–H and O–H groups in total. The zero-order valence-corrected chi connectivity index (χ0v) is 21.5. The van der Waals surface area contributed by atoms with E-state index in [1.165, 1.54) is 52.0 Å². The van der Waals surface area contributed by atoms with E-state index < -0.39 is 5.97 Å². The lowest BCUT2D eigenvalue weighted by Crippen LogP contribution is -2.43. The Balaban J connectivity index is 1.27. The Hall–Kier alpha value is -2.23. The molecule has 0 atom stereocenters. The maximum absolute atomic E-state index is 11.0. The number of H-pyrrole nitrogens is 1. The Labute approximate surface area is 209 Å². The molecule has 2 fully saturated rings. The number of carbonyl (C=O) groups is 1. The van der Waals surface area contributed by atoms with Crippen LogP contribution in [0, 0.1) is 11.3 Å². The van der Waals surface area contributed by atoms with Gasteiger partial charge in [-0.05, 0) is 63.2 Å². The van der Waals surface area contributed by atoms with Gasteiger partial charge in [-0.25, -0.2) is 9.97 Å². The maximum Gasteiger partial charge on any atom is 0.303 e. The number of rotatable bonds is 13. The van der Waals surface area contributed by atoms with Gasteiger partial charge in [-0.15, -0.1) is 0 Å². The van der Waals surface area contributed by atoms with Crippen LogP contribution in [0.4, 0.5) is 0 Å². The van der Waals surface area contributed by atoms with Crippen LogP contribution in [0.5, 0.6) is 0 Å². The summed E-state index contributed by atoms with van der Waals surface area (Å²) in [5.74, 6) is 1.92. The summed E-state index contributed by atoms with van der Waals surface area (Å²) < 4.78 is 2.27. The standard InChI is InChI=1S/C26H43N7O2/c1-22(2)18-30-12-5-26(6-13-30)7-14-31(21-26)16-17-33-15-10-29-24(33)20-32(11-3-4-25(34)35)19-23-27-8-9-28-23/h8-10,15,22H,3-7,11-14,16-21H2,1-2H3,(H,27,28)(H,34,35). The predicted octanol–water partition coefficient (Wildman–Crippen LogP) is 2.92. The first-order valence-corrected chi connectivity index (χ1v) is 13.3. The van der Waals surface area contributed by atoms with Gasteiger partial charge >= 0.3 is 5.97 Å². The number of hydrogen-bond acceptors (Lipinski definition) is 6. The summed E-state index contributed by atoms with van der Waals surface area (Å²) in [6.45, 7) is 14.8. The van der Waals surface area contributed by atoms with E-state index in [4.69, 9.17) is 5.11 Å². The number of piperidine rings is 1. The monoisotopic (exact) mass is 485 g/mol. The van der Waals surface area contributed by atoms with Gasteiger partial charge in [0.25, 0.3) is 0 Å². The molecule has 9 nitrogen and oxygen atoms in total. The molecule has 2 aliphatic heterocycles. The zero-order valence-electron chi connectivity index (χ0n) is 21.5. The van der Waals surface area contributed by atoms with E-state index >= 15 is 0 Å². The van der Waals surface area contributed by atoms with Crippen molar-refractivity contribution >= 4 is 5.97 Å². The number of nitrogens with zero attached hydrogens (tertiary/aromatic N) is 6. The van der Waals surface area contributed by atoms with Crippen LogP contribution >= 0.6 is 0 Å². The first-order chi connectivity index (χ1) is 16.9. The van der Waals surface area contributed by atoms with Crippen molar-refractivity contribution in [3.8, 4) is 0 Å². The number of aromatic nitrogens is 4.